The van der Waals surface area contributed by atoms with Gasteiger partial charge >= 0.3 is 5.97 Å². The summed E-state index contributed by atoms with van der Waals surface area (Å²) in [5, 5.41) is 4.11. The van der Waals surface area contributed by atoms with Crippen LogP contribution in [-0.2, 0) is 9.53 Å². The normalized spacial score (nSPS) is 19.5. The Kier molecular flexibility index (Phi) is 4.93. The van der Waals surface area contributed by atoms with Crippen molar-refractivity contribution in [1.29, 1.82) is 0 Å². The number of aromatic amines is 1. The molecule has 1 aliphatic carbocycles. The molecule has 1 aliphatic rings. The van der Waals surface area contributed by atoms with Gasteiger partial charge in [-0.2, -0.15) is 0 Å². The van der Waals surface area contributed by atoms with Gasteiger partial charge in [0.05, 0.1) is 6.20 Å². The molecule has 7 nitrogen and oxygen atoms in total. The Hall–Kier alpha value is -3.03. The number of anilines is 1. The molecule has 3 heterocycles. The molecule has 0 saturated heterocycles. The van der Waals surface area contributed by atoms with E-state index in [1.54, 1.807) is 12.4 Å². The minimum absolute atomic E-state index is 0.0620. The molecule has 1 fully saturated rings. The Morgan fingerprint density at radius 1 is 1.32 bits per heavy atom. The number of nitrogens with one attached hydrogen (secondary N) is 2. The molecule has 0 radical (unpaired) electrons. The number of ether oxygens (including phenoxy) is 1. The highest BCUT2D eigenvalue weighted by molar-refractivity contribution is 5.91. The summed E-state index contributed by atoms with van der Waals surface area (Å²) in [4.78, 5) is 27.4. The molecule has 3 aromatic rings. The molecule has 2 N–H and O–H groups in total. The summed E-state index contributed by atoms with van der Waals surface area (Å²) in [7, 11) is 0. The van der Waals surface area contributed by atoms with Crippen molar-refractivity contribution in [2.24, 2.45) is 0 Å². The number of halogens is 1. The van der Waals surface area contributed by atoms with Gasteiger partial charge in [0.1, 0.15) is 23.4 Å². The van der Waals surface area contributed by atoms with E-state index in [0.717, 1.165) is 37.1 Å². The van der Waals surface area contributed by atoms with Crippen LogP contribution >= 0.6 is 0 Å². The zero-order valence-electron chi connectivity index (χ0n) is 15.8. The summed E-state index contributed by atoms with van der Waals surface area (Å²) in [5.41, 5.74) is 2.21. The van der Waals surface area contributed by atoms with Crippen molar-refractivity contribution in [1.82, 2.24) is 19.9 Å². The fraction of sp³-hybridized carbons (Fsp3) is 0.400. The lowest BCUT2D eigenvalue weighted by molar-refractivity contribution is -0.147. The molecule has 0 aliphatic heterocycles. The van der Waals surface area contributed by atoms with Crippen molar-refractivity contribution in [3.63, 3.8) is 0 Å². The Bertz CT molecular complexity index is 1020. The molecule has 2 atom stereocenters. The summed E-state index contributed by atoms with van der Waals surface area (Å²) < 4.78 is 19.0. The molecule has 8 heteroatoms. The van der Waals surface area contributed by atoms with Crippen LogP contribution in [-0.4, -0.2) is 38.1 Å². The van der Waals surface area contributed by atoms with Crippen molar-refractivity contribution in [2.75, 3.05) is 5.32 Å². The van der Waals surface area contributed by atoms with Gasteiger partial charge in [-0.15, -0.1) is 0 Å². The van der Waals surface area contributed by atoms with E-state index in [4.69, 9.17) is 4.74 Å². The Morgan fingerprint density at radius 2 is 2.18 bits per heavy atom. The maximum atomic E-state index is 13.6. The van der Waals surface area contributed by atoms with Gasteiger partial charge in [0.25, 0.3) is 0 Å². The lowest BCUT2D eigenvalue weighted by Gasteiger charge is -2.30. The highest BCUT2D eigenvalue weighted by Gasteiger charge is 2.25. The molecule has 146 valence electrons. The topological polar surface area (TPSA) is 92.8 Å². The lowest BCUT2D eigenvalue weighted by Crippen LogP contribution is -2.33. The van der Waals surface area contributed by atoms with Crippen LogP contribution in [0.25, 0.3) is 22.4 Å². The number of carbonyl (C=O) groups is 1. The van der Waals surface area contributed by atoms with E-state index < -0.39 is 5.82 Å². The maximum absolute atomic E-state index is 13.6. The third-order valence-electron chi connectivity index (χ3n) is 5.01. The Balaban J connectivity index is 1.59. The van der Waals surface area contributed by atoms with E-state index in [1.165, 1.54) is 19.2 Å². The van der Waals surface area contributed by atoms with E-state index in [2.05, 4.69) is 25.3 Å². The molecule has 0 spiro atoms. The third kappa shape index (κ3) is 3.81. The van der Waals surface area contributed by atoms with Gasteiger partial charge in [-0.1, -0.05) is 0 Å². The fourth-order valence-electron chi connectivity index (χ4n) is 3.69. The first-order valence-electron chi connectivity index (χ1n) is 9.40. The van der Waals surface area contributed by atoms with Gasteiger partial charge in [0, 0.05) is 48.3 Å². The molecule has 0 unspecified atom stereocenters. The van der Waals surface area contributed by atoms with Crippen molar-refractivity contribution < 1.29 is 13.9 Å². The fourth-order valence-corrected chi connectivity index (χ4v) is 3.69. The second kappa shape index (κ2) is 7.53. The van der Waals surface area contributed by atoms with E-state index in [9.17, 15) is 9.18 Å². The van der Waals surface area contributed by atoms with Crippen molar-refractivity contribution in [2.45, 2.75) is 51.7 Å². The first kappa shape index (κ1) is 18.3. The molecule has 1 saturated carbocycles. The largest absolute Gasteiger partial charge is 0.462 e. The minimum atomic E-state index is -0.405. The second-order valence-corrected chi connectivity index (χ2v) is 7.22. The summed E-state index contributed by atoms with van der Waals surface area (Å²) in [6, 6.07) is 1.59. The van der Waals surface area contributed by atoms with Gasteiger partial charge in [-0.05, 0) is 32.3 Å². The molecule has 0 aromatic carbocycles. The number of aromatic nitrogens is 4. The van der Waals surface area contributed by atoms with E-state index in [1.807, 2.05) is 6.92 Å². The average Bonchev–Trinajstić information content (AvgIpc) is 3.06. The molecule has 0 amide bonds. The number of aryl methyl sites for hydroxylation is 1. The van der Waals surface area contributed by atoms with Crippen LogP contribution in [0.1, 0.15) is 38.2 Å². The number of esters is 1. The number of fused-ring (bicyclic) bond motifs is 1. The molecule has 0 bridgehead atoms. The molecular weight excluding hydrogens is 361 g/mol. The predicted molar refractivity (Wildman–Crippen MR) is 103 cm³/mol. The van der Waals surface area contributed by atoms with Gasteiger partial charge in [-0.25, -0.2) is 19.3 Å². The van der Waals surface area contributed by atoms with Crippen molar-refractivity contribution in [3.05, 3.63) is 36.0 Å². The van der Waals surface area contributed by atoms with Gasteiger partial charge < -0.3 is 15.0 Å². The second-order valence-electron chi connectivity index (χ2n) is 7.22. The number of hydrogen-bond acceptors (Lipinski definition) is 6. The highest BCUT2D eigenvalue weighted by atomic mass is 19.1. The molecule has 28 heavy (non-hydrogen) atoms. The van der Waals surface area contributed by atoms with Crippen LogP contribution in [0, 0.1) is 12.7 Å². The standard InChI is InChI=1S/C20H22FN5O2/c1-11-8-22-20(17-10-24-19-16(17)6-13(21)9-23-19)26-18(11)25-14-4-3-5-15(7-14)28-12(2)27/h6,8-10,14-15H,3-5,7H2,1-2H3,(H,23,24)(H,22,25,26)/t14-,15+/m0/s1. The monoisotopic (exact) mass is 383 g/mol. The summed E-state index contributed by atoms with van der Waals surface area (Å²) in [6.45, 7) is 3.38. The minimum Gasteiger partial charge on any atom is -0.462 e. The molecular formula is C20H22FN5O2. The zero-order valence-corrected chi connectivity index (χ0v) is 15.8. The summed E-state index contributed by atoms with van der Waals surface area (Å²) in [5.74, 6) is 0.583. The smallest absolute Gasteiger partial charge is 0.302 e. The summed E-state index contributed by atoms with van der Waals surface area (Å²) in [6.07, 6.45) is 8.21. The van der Waals surface area contributed by atoms with E-state index >= 15 is 0 Å². The van der Waals surface area contributed by atoms with Crippen LogP contribution in [0.15, 0.2) is 24.7 Å². The lowest BCUT2D eigenvalue weighted by atomic mass is 9.92. The number of carbonyl (C=O) groups excluding carboxylic acids is 1. The van der Waals surface area contributed by atoms with Crippen LogP contribution in [0.5, 0.6) is 0 Å². The zero-order chi connectivity index (χ0) is 19.7. The number of pyridine rings is 1. The Labute approximate surface area is 161 Å². The van der Waals surface area contributed by atoms with Crippen LogP contribution in [0.4, 0.5) is 10.2 Å². The molecule has 3 aromatic heterocycles. The number of rotatable bonds is 4. The summed E-state index contributed by atoms with van der Waals surface area (Å²) >= 11 is 0. The van der Waals surface area contributed by atoms with E-state index in [0.29, 0.717) is 22.4 Å². The number of nitrogens with zero attached hydrogens (tertiary/aromatic N) is 3. The van der Waals surface area contributed by atoms with Gasteiger partial charge in [0.2, 0.25) is 0 Å². The number of H-pyrrole nitrogens is 1. The first-order valence-corrected chi connectivity index (χ1v) is 9.40. The number of hydrogen-bond donors (Lipinski definition) is 2. The van der Waals surface area contributed by atoms with Crippen molar-refractivity contribution >= 4 is 22.8 Å². The van der Waals surface area contributed by atoms with Gasteiger partial charge in [-0.3, -0.25) is 4.79 Å². The van der Waals surface area contributed by atoms with E-state index in [-0.39, 0.29) is 18.1 Å². The van der Waals surface area contributed by atoms with Crippen LogP contribution < -0.4 is 5.32 Å². The van der Waals surface area contributed by atoms with Crippen LogP contribution in [0.2, 0.25) is 0 Å². The molecule has 4 rings (SSSR count). The average molecular weight is 383 g/mol. The van der Waals surface area contributed by atoms with Crippen LogP contribution in [0.3, 0.4) is 0 Å². The van der Waals surface area contributed by atoms with Crippen molar-refractivity contribution in [3.8, 4) is 11.4 Å². The SMILES string of the molecule is CC(=O)O[C@@H]1CCC[C@H](Nc2nc(-c3c[nH]c4ncc(F)cc34)ncc2C)C1. The van der Waals surface area contributed by atoms with Gasteiger partial charge in [0.15, 0.2) is 5.82 Å². The first-order chi connectivity index (χ1) is 13.5. The predicted octanol–water partition coefficient (Wildman–Crippen LogP) is 3.75. The Morgan fingerprint density at radius 3 is 3.00 bits per heavy atom. The highest BCUT2D eigenvalue weighted by Crippen LogP contribution is 2.29. The quantitative estimate of drug-likeness (QED) is 0.667. The third-order valence-corrected chi connectivity index (χ3v) is 5.01. The maximum Gasteiger partial charge on any atom is 0.302 e.